The van der Waals surface area contributed by atoms with Crippen LogP contribution < -0.4 is 5.73 Å². The first-order valence-corrected chi connectivity index (χ1v) is 5.57. The fourth-order valence-corrected chi connectivity index (χ4v) is 1.58. The lowest BCUT2D eigenvalue weighted by Gasteiger charge is -2.23. The molecule has 15 heavy (non-hydrogen) atoms. The Labute approximate surface area is 90.2 Å². The average Bonchev–Trinajstić information content (AvgIpc) is 2.47. The molecule has 1 aliphatic carbocycles. The van der Waals surface area contributed by atoms with Crippen molar-refractivity contribution in [1.82, 2.24) is 10.1 Å². The van der Waals surface area contributed by atoms with E-state index in [1.165, 1.54) is 19.3 Å². The molecular formula is C11H19N3O. The Balaban J connectivity index is 2.12. The zero-order valence-electron chi connectivity index (χ0n) is 9.66. The van der Waals surface area contributed by atoms with Gasteiger partial charge >= 0.3 is 0 Å². The Morgan fingerprint density at radius 3 is 2.53 bits per heavy atom. The van der Waals surface area contributed by atoms with Gasteiger partial charge in [0.1, 0.15) is 0 Å². The van der Waals surface area contributed by atoms with Crippen LogP contribution >= 0.6 is 0 Å². The predicted octanol–water partition coefficient (Wildman–Crippen LogP) is 2.38. The number of hydrogen-bond acceptors (Lipinski definition) is 4. The molecule has 0 radical (unpaired) electrons. The van der Waals surface area contributed by atoms with Gasteiger partial charge in [-0.1, -0.05) is 32.3 Å². The van der Waals surface area contributed by atoms with Gasteiger partial charge in [-0.3, -0.25) is 0 Å². The molecule has 0 aliphatic heterocycles. The molecule has 1 aromatic heterocycles. The van der Waals surface area contributed by atoms with Gasteiger partial charge in [-0.2, -0.15) is 4.98 Å². The fraction of sp³-hybridized carbons (Fsp3) is 0.818. The first-order chi connectivity index (χ1) is 6.98. The van der Waals surface area contributed by atoms with E-state index in [0.717, 1.165) is 5.82 Å². The van der Waals surface area contributed by atoms with Gasteiger partial charge in [0.05, 0.1) is 6.04 Å². The maximum Gasteiger partial charge on any atom is 0.244 e. The van der Waals surface area contributed by atoms with E-state index in [1.54, 1.807) is 0 Å². The summed E-state index contributed by atoms with van der Waals surface area (Å²) in [7, 11) is 0. The van der Waals surface area contributed by atoms with Crippen LogP contribution in [0.4, 0.5) is 0 Å². The summed E-state index contributed by atoms with van der Waals surface area (Å²) in [6, 6.07) is -0.182. The molecule has 1 unspecified atom stereocenters. The maximum absolute atomic E-state index is 6.05. The Kier molecular flexibility index (Phi) is 2.54. The summed E-state index contributed by atoms with van der Waals surface area (Å²) in [4.78, 5) is 4.40. The van der Waals surface area contributed by atoms with Gasteiger partial charge < -0.3 is 10.3 Å². The van der Waals surface area contributed by atoms with Crippen LogP contribution in [0.2, 0.25) is 0 Å². The van der Waals surface area contributed by atoms with E-state index >= 15 is 0 Å². The van der Waals surface area contributed by atoms with Crippen molar-refractivity contribution in [2.24, 2.45) is 11.1 Å². The molecule has 0 saturated heterocycles. The van der Waals surface area contributed by atoms with Gasteiger partial charge in [-0.15, -0.1) is 0 Å². The number of nitrogens with zero attached hydrogens (tertiary/aromatic N) is 2. The van der Waals surface area contributed by atoms with Gasteiger partial charge in [0.25, 0.3) is 0 Å². The monoisotopic (exact) mass is 209 g/mol. The second-order valence-electron chi connectivity index (χ2n) is 5.46. The smallest absolute Gasteiger partial charge is 0.244 e. The standard InChI is InChI=1S/C11H19N3O/c1-11(2,3)8(12)10-13-9(14-15-10)7-5-4-6-7/h7-8H,4-6,12H2,1-3H3. The molecule has 1 saturated carbocycles. The van der Waals surface area contributed by atoms with Crippen LogP contribution in [0.3, 0.4) is 0 Å². The molecule has 1 heterocycles. The van der Waals surface area contributed by atoms with Gasteiger partial charge in [0.15, 0.2) is 5.82 Å². The van der Waals surface area contributed by atoms with E-state index in [-0.39, 0.29) is 11.5 Å². The minimum Gasteiger partial charge on any atom is -0.338 e. The van der Waals surface area contributed by atoms with Crippen molar-refractivity contribution < 1.29 is 4.52 Å². The van der Waals surface area contributed by atoms with Crippen molar-refractivity contribution in [2.45, 2.75) is 52.0 Å². The summed E-state index contributed by atoms with van der Waals surface area (Å²) in [5, 5.41) is 4.01. The first-order valence-electron chi connectivity index (χ1n) is 5.57. The van der Waals surface area contributed by atoms with E-state index in [0.29, 0.717) is 11.8 Å². The Morgan fingerprint density at radius 1 is 1.40 bits per heavy atom. The third-order valence-corrected chi connectivity index (χ3v) is 3.13. The van der Waals surface area contributed by atoms with Crippen LogP contribution in [0.15, 0.2) is 4.52 Å². The zero-order chi connectivity index (χ0) is 11.1. The second kappa shape index (κ2) is 3.59. The average molecular weight is 209 g/mol. The van der Waals surface area contributed by atoms with Crippen LogP contribution in [0.25, 0.3) is 0 Å². The van der Waals surface area contributed by atoms with Gasteiger partial charge in [-0.05, 0) is 18.3 Å². The molecule has 2 rings (SSSR count). The number of rotatable bonds is 2. The Hall–Kier alpha value is -0.900. The van der Waals surface area contributed by atoms with Crippen molar-refractivity contribution in [3.05, 3.63) is 11.7 Å². The summed E-state index contributed by atoms with van der Waals surface area (Å²) in [6.45, 7) is 6.22. The van der Waals surface area contributed by atoms with Crippen LogP contribution in [0, 0.1) is 5.41 Å². The lowest BCUT2D eigenvalue weighted by Crippen LogP contribution is -2.26. The Morgan fingerprint density at radius 2 is 2.07 bits per heavy atom. The largest absolute Gasteiger partial charge is 0.338 e. The minimum atomic E-state index is -0.182. The fourth-order valence-electron chi connectivity index (χ4n) is 1.58. The third kappa shape index (κ3) is 2.04. The Bertz CT molecular complexity index is 336. The molecule has 1 aromatic rings. The summed E-state index contributed by atoms with van der Waals surface area (Å²) >= 11 is 0. The quantitative estimate of drug-likeness (QED) is 0.812. The highest BCUT2D eigenvalue weighted by molar-refractivity contribution is 5.03. The maximum atomic E-state index is 6.05. The highest BCUT2D eigenvalue weighted by Gasteiger charge is 2.30. The van der Waals surface area contributed by atoms with Gasteiger partial charge in [0, 0.05) is 5.92 Å². The van der Waals surface area contributed by atoms with Crippen molar-refractivity contribution in [2.75, 3.05) is 0 Å². The minimum absolute atomic E-state index is 0.0383. The first kappa shape index (κ1) is 10.6. The molecule has 0 bridgehead atoms. The van der Waals surface area contributed by atoms with Crippen molar-refractivity contribution in [1.29, 1.82) is 0 Å². The molecule has 0 amide bonds. The molecule has 84 valence electrons. The molecule has 1 aliphatic rings. The summed E-state index contributed by atoms with van der Waals surface area (Å²) in [6.07, 6.45) is 3.65. The zero-order valence-corrected chi connectivity index (χ0v) is 9.66. The second-order valence-corrected chi connectivity index (χ2v) is 5.46. The van der Waals surface area contributed by atoms with E-state index in [2.05, 4.69) is 30.9 Å². The van der Waals surface area contributed by atoms with Gasteiger partial charge in [0.2, 0.25) is 5.89 Å². The molecule has 1 fully saturated rings. The van der Waals surface area contributed by atoms with Crippen molar-refractivity contribution in [3.8, 4) is 0 Å². The number of hydrogen-bond donors (Lipinski definition) is 1. The molecule has 0 aromatic carbocycles. The molecule has 4 heteroatoms. The molecule has 4 nitrogen and oxygen atoms in total. The molecular weight excluding hydrogens is 190 g/mol. The van der Waals surface area contributed by atoms with Gasteiger partial charge in [-0.25, -0.2) is 0 Å². The summed E-state index contributed by atoms with van der Waals surface area (Å²) in [5.74, 6) is 1.93. The predicted molar refractivity (Wildman–Crippen MR) is 57.3 cm³/mol. The van der Waals surface area contributed by atoms with Crippen LogP contribution in [0.5, 0.6) is 0 Å². The molecule has 1 atom stereocenters. The topological polar surface area (TPSA) is 64.9 Å². The third-order valence-electron chi connectivity index (χ3n) is 3.13. The normalized spacial score (nSPS) is 20.0. The van der Waals surface area contributed by atoms with Crippen molar-refractivity contribution in [3.63, 3.8) is 0 Å². The SMILES string of the molecule is CC(C)(C)C(N)c1nc(C2CCC2)no1. The number of nitrogens with two attached hydrogens (primary N) is 1. The van der Waals surface area contributed by atoms with Crippen LogP contribution in [-0.2, 0) is 0 Å². The molecule has 2 N–H and O–H groups in total. The highest BCUT2D eigenvalue weighted by Crippen LogP contribution is 2.36. The molecule has 0 spiro atoms. The van der Waals surface area contributed by atoms with E-state index < -0.39 is 0 Å². The lowest BCUT2D eigenvalue weighted by atomic mass is 9.85. The van der Waals surface area contributed by atoms with Crippen LogP contribution in [0.1, 0.15) is 63.7 Å². The highest BCUT2D eigenvalue weighted by atomic mass is 16.5. The lowest BCUT2D eigenvalue weighted by molar-refractivity contribution is 0.251. The van der Waals surface area contributed by atoms with Crippen molar-refractivity contribution >= 4 is 0 Å². The van der Waals surface area contributed by atoms with E-state index in [1.807, 2.05) is 0 Å². The number of aromatic nitrogens is 2. The van der Waals surface area contributed by atoms with E-state index in [9.17, 15) is 0 Å². The van der Waals surface area contributed by atoms with Crippen LogP contribution in [-0.4, -0.2) is 10.1 Å². The van der Waals surface area contributed by atoms with E-state index in [4.69, 9.17) is 10.3 Å². The summed E-state index contributed by atoms with van der Waals surface area (Å²) < 4.78 is 5.22. The summed E-state index contributed by atoms with van der Waals surface area (Å²) in [5.41, 5.74) is 6.01.